The van der Waals surface area contributed by atoms with Gasteiger partial charge in [-0.1, -0.05) is 51.0 Å². The molecule has 2 N–H and O–H groups in total. The second-order valence-electron chi connectivity index (χ2n) is 8.25. The third-order valence-corrected chi connectivity index (χ3v) is 6.12. The topological polar surface area (TPSA) is 41.5 Å². The monoisotopic (exact) mass is 403 g/mol. The summed E-state index contributed by atoms with van der Waals surface area (Å²) in [7, 11) is 0. The van der Waals surface area contributed by atoms with Crippen molar-refractivity contribution in [3.63, 3.8) is 0 Å². The third kappa shape index (κ3) is 6.08. The Morgan fingerprint density at radius 2 is 1.52 bits per heavy atom. The van der Waals surface area contributed by atoms with E-state index in [-0.39, 0.29) is 18.2 Å². The standard InChI is InChI=1S/C24H31F2NO2/c1-16-4-3-5-23(17(16)2)27-14-22(28)15-29-24(18-6-10-20(25)11-7-18)19-8-12-21(26)13-9-19/h6-13,16-17,22-24,27-28H,3-5,14-15H2,1-2H3/t16-,17-,22-,23+/m1/s1. The number of nitrogens with one attached hydrogen (secondary N) is 1. The van der Waals surface area contributed by atoms with Crippen LogP contribution in [-0.4, -0.2) is 30.4 Å². The van der Waals surface area contributed by atoms with Crippen LogP contribution in [0.15, 0.2) is 48.5 Å². The van der Waals surface area contributed by atoms with Crippen LogP contribution < -0.4 is 5.32 Å². The minimum Gasteiger partial charge on any atom is -0.389 e. The molecule has 29 heavy (non-hydrogen) atoms. The fourth-order valence-electron chi connectivity index (χ4n) is 4.08. The summed E-state index contributed by atoms with van der Waals surface area (Å²) in [6.07, 6.45) is 2.45. The van der Waals surface area contributed by atoms with E-state index in [0.29, 0.717) is 24.4 Å². The minimum atomic E-state index is -0.664. The number of ether oxygens (including phenoxy) is 1. The minimum absolute atomic E-state index is 0.128. The molecule has 0 spiro atoms. The number of aliphatic hydroxyl groups excluding tert-OH is 1. The molecule has 1 aliphatic rings. The Bertz CT molecular complexity index is 705. The zero-order chi connectivity index (χ0) is 20.8. The molecular formula is C24H31F2NO2. The molecule has 0 bridgehead atoms. The lowest BCUT2D eigenvalue weighted by Gasteiger charge is -2.35. The van der Waals surface area contributed by atoms with Crippen LogP contribution in [0.3, 0.4) is 0 Å². The fraction of sp³-hybridized carbons (Fsp3) is 0.500. The van der Waals surface area contributed by atoms with Gasteiger partial charge in [0.1, 0.15) is 17.7 Å². The molecule has 0 aliphatic heterocycles. The summed E-state index contributed by atoms with van der Waals surface area (Å²) in [6.45, 7) is 5.14. The summed E-state index contributed by atoms with van der Waals surface area (Å²) in [5.41, 5.74) is 1.51. The summed E-state index contributed by atoms with van der Waals surface area (Å²) < 4.78 is 32.6. The maximum Gasteiger partial charge on any atom is 0.123 e. The largest absolute Gasteiger partial charge is 0.389 e. The number of hydrogen-bond donors (Lipinski definition) is 2. The zero-order valence-corrected chi connectivity index (χ0v) is 17.2. The second-order valence-corrected chi connectivity index (χ2v) is 8.25. The number of hydrogen-bond acceptors (Lipinski definition) is 3. The molecule has 0 amide bonds. The first kappa shape index (κ1) is 21.9. The van der Waals surface area contributed by atoms with Crippen molar-refractivity contribution in [3.8, 4) is 0 Å². The molecule has 1 saturated carbocycles. The molecule has 2 aromatic carbocycles. The molecule has 0 aromatic heterocycles. The highest BCUT2D eigenvalue weighted by atomic mass is 19.1. The van der Waals surface area contributed by atoms with Crippen LogP contribution in [-0.2, 0) is 4.74 Å². The van der Waals surface area contributed by atoms with Crippen molar-refractivity contribution in [3.05, 3.63) is 71.3 Å². The van der Waals surface area contributed by atoms with Crippen molar-refractivity contribution in [2.24, 2.45) is 11.8 Å². The van der Waals surface area contributed by atoms with Crippen molar-refractivity contribution in [2.45, 2.75) is 51.4 Å². The Hall–Kier alpha value is -1.82. The van der Waals surface area contributed by atoms with Crippen LogP contribution in [0.4, 0.5) is 8.78 Å². The number of halogens is 2. The van der Waals surface area contributed by atoms with Gasteiger partial charge < -0.3 is 15.2 Å². The summed E-state index contributed by atoms with van der Waals surface area (Å²) in [6, 6.07) is 12.5. The van der Waals surface area contributed by atoms with Crippen molar-refractivity contribution >= 4 is 0 Å². The molecule has 0 unspecified atom stereocenters. The average Bonchev–Trinajstić information content (AvgIpc) is 2.71. The van der Waals surface area contributed by atoms with Gasteiger partial charge in [0, 0.05) is 12.6 Å². The van der Waals surface area contributed by atoms with E-state index in [1.807, 2.05) is 0 Å². The van der Waals surface area contributed by atoms with Crippen molar-refractivity contribution < 1.29 is 18.6 Å². The van der Waals surface area contributed by atoms with E-state index >= 15 is 0 Å². The molecule has 4 atom stereocenters. The van der Waals surface area contributed by atoms with Crippen LogP contribution in [0.5, 0.6) is 0 Å². The van der Waals surface area contributed by atoms with Crippen LogP contribution in [0, 0.1) is 23.5 Å². The van der Waals surface area contributed by atoms with Gasteiger partial charge in [0.05, 0.1) is 12.7 Å². The van der Waals surface area contributed by atoms with Gasteiger partial charge in [0.15, 0.2) is 0 Å². The molecule has 1 aliphatic carbocycles. The molecule has 5 heteroatoms. The highest BCUT2D eigenvalue weighted by molar-refractivity contribution is 5.30. The lowest BCUT2D eigenvalue weighted by molar-refractivity contribution is 0.00383. The normalized spacial score (nSPS) is 23.3. The molecule has 0 heterocycles. The van der Waals surface area contributed by atoms with Gasteiger partial charge in [-0.05, 0) is 53.6 Å². The molecule has 158 valence electrons. The quantitative estimate of drug-likeness (QED) is 0.662. The summed E-state index contributed by atoms with van der Waals surface area (Å²) in [4.78, 5) is 0. The summed E-state index contributed by atoms with van der Waals surface area (Å²) >= 11 is 0. The number of benzene rings is 2. The van der Waals surface area contributed by atoms with Crippen molar-refractivity contribution in [1.82, 2.24) is 5.32 Å². The van der Waals surface area contributed by atoms with Gasteiger partial charge in [-0.25, -0.2) is 8.78 Å². The SMILES string of the molecule is C[C@@H]1[C@H](C)CCC[C@@H]1NC[C@@H](O)COC(c1ccc(F)cc1)c1ccc(F)cc1. The highest BCUT2D eigenvalue weighted by Gasteiger charge is 2.27. The van der Waals surface area contributed by atoms with E-state index in [0.717, 1.165) is 17.5 Å². The first-order chi connectivity index (χ1) is 13.9. The maximum absolute atomic E-state index is 13.3. The van der Waals surface area contributed by atoms with E-state index in [9.17, 15) is 13.9 Å². The Balaban J connectivity index is 1.60. The number of rotatable bonds is 8. The summed E-state index contributed by atoms with van der Waals surface area (Å²) in [5, 5.41) is 13.9. The highest BCUT2D eigenvalue weighted by Crippen LogP contribution is 2.30. The van der Waals surface area contributed by atoms with E-state index < -0.39 is 12.2 Å². The molecular weight excluding hydrogens is 372 g/mol. The van der Waals surface area contributed by atoms with Crippen LogP contribution >= 0.6 is 0 Å². The summed E-state index contributed by atoms with van der Waals surface area (Å²) in [5.74, 6) is 0.623. The molecule has 0 radical (unpaired) electrons. The van der Waals surface area contributed by atoms with E-state index in [4.69, 9.17) is 4.74 Å². The lowest BCUT2D eigenvalue weighted by Crippen LogP contribution is -2.44. The van der Waals surface area contributed by atoms with Gasteiger partial charge in [0.2, 0.25) is 0 Å². The first-order valence-corrected chi connectivity index (χ1v) is 10.5. The Morgan fingerprint density at radius 1 is 0.966 bits per heavy atom. The first-order valence-electron chi connectivity index (χ1n) is 10.5. The van der Waals surface area contributed by atoms with E-state index in [1.165, 1.54) is 37.1 Å². The van der Waals surface area contributed by atoms with Crippen LogP contribution in [0.25, 0.3) is 0 Å². The van der Waals surface area contributed by atoms with Crippen LogP contribution in [0.1, 0.15) is 50.3 Å². The lowest BCUT2D eigenvalue weighted by atomic mass is 9.78. The molecule has 1 fully saturated rings. The number of aliphatic hydroxyl groups is 1. The fourth-order valence-corrected chi connectivity index (χ4v) is 4.08. The Kier molecular flexibility index (Phi) is 7.76. The average molecular weight is 404 g/mol. The second kappa shape index (κ2) is 10.3. The zero-order valence-electron chi connectivity index (χ0n) is 17.2. The molecule has 3 nitrogen and oxygen atoms in total. The Labute approximate surface area is 172 Å². The Morgan fingerprint density at radius 3 is 2.07 bits per heavy atom. The molecule has 2 aromatic rings. The third-order valence-electron chi connectivity index (χ3n) is 6.12. The van der Waals surface area contributed by atoms with Gasteiger partial charge in [0.25, 0.3) is 0 Å². The molecule has 0 saturated heterocycles. The van der Waals surface area contributed by atoms with E-state index in [2.05, 4.69) is 19.2 Å². The predicted molar refractivity (Wildman–Crippen MR) is 111 cm³/mol. The molecule has 3 rings (SSSR count). The van der Waals surface area contributed by atoms with Gasteiger partial charge >= 0.3 is 0 Å². The van der Waals surface area contributed by atoms with Gasteiger partial charge in [-0.15, -0.1) is 0 Å². The van der Waals surface area contributed by atoms with E-state index in [1.54, 1.807) is 24.3 Å². The maximum atomic E-state index is 13.3. The van der Waals surface area contributed by atoms with Crippen LogP contribution in [0.2, 0.25) is 0 Å². The van der Waals surface area contributed by atoms with Crippen molar-refractivity contribution in [2.75, 3.05) is 13.2 Å². The smallest absolute Gasteiger partial charge is 0.123 e. The van der Waals surface area contributed by atoms with Gasteiger partial charge in [-0.2, -0.15) is 0 Å². The van der Waals surface area contributed by atoms with Crippen molar-refractivity contribution in [1.29, 1.82) is 0 Å². The predicted octanol–water partition coefficient (Wildman–Crippen LogP) is 4.85. The van der Waals surface area contributed by atoms with Gasteiger partial charge in [-0.3, -0.25) is 0 Å².